The molecule has 0 saturated carbocycles. The van der Waals surface area contributed by atoms with E-state index in [0.29, 0.717) is 4.70 Å². The second-order valence-corrected chi connectivity index (χ2v) is 18.5. The summed E-state index contributed by atoms with van der Waals surface area (Å²) in [6.45, 7) is 18.0. The number of amides is 1. The first kappa shape index (κ1) is 31.3. The normalized spacial score (nSPS) is 25.1. The van der Waals surface area contributed by atoms with Crippen LogP contribution in [0.15, 0.2) is 11.0 Å². The van der Waals surface area contributed by atoms with Crippen molar-refractivity contribution in [2.45, 2.75) is 103 Å². The number of aromatic nitrogens is 3. The Hall–Kier alpha value is -2.59. The molecule has 41 heavy (non-hydrogen) atoms. The van der Waals surface area contributed by atoms with E-state index in [9.17, 15) is 14.4 Å². The number of ether oxygens (including phenoxy) is 3. The number of rotatable bonds is 6. The van der Waals surface area contributed by atoms with Gasteiger partial charge in [0.05, 0.1) is 24.1 Å². The van der Waals surface area contributed by atoms with Gasteiger partial charge in [0.25, 0.3) is 0 Å². The van der Waals surface area contributed by atoms with Crippen molar-refractivity contribution < 1.29 is 32.7 Å². The van der Waals surface area contributed by atoms with Crippen molar-refractivity contribution >= 4 is 48.3 Å². The van der Waals surface area contributed by atoms with E-state index in [0.717, 1.165) is 11.3 Å². The van der Waals surface area contributed by atoms with Gasteiger partial charge in [-0.25, -0.2) is 14.6 Å². The van der Waals surface area contributed by atoms with Crippen LogP contribution >= 0.6 is 11.3 Å². The highest BCUT2D eigenvalue weighted by Gasteiger charge is 2.66. The fourth-order valence-electron chi connectivity index (χ4n) is 5.73. The number of nitrogens with zero attached hydrogens (tertiary/aromatic N) is 3. The van der Waals surface area contributed by atoms with Gasteiger partial charge in [-0.1, -0.05) is 66.7 Å². The number of nitrogens with one attached hydrogen (secondary N) is 1. The molecule has 2 aromatic heterocycles. The Morgan fingerprint density at radius 1 is 1.24 bits per heavy atom. The number of hydrogen-bond donors (Lipinski definition) is 2. The van der Waals surface area contributed by atoms with Gasteiger partial charge in [0, 0.05) is 10.1 Å². The van der Waals surface area contributed by atoms with Crippen LogP contribution in [-0.2, 0) is 27.9 Å². The van der Waals surface area contributed by atoms with Crippen molar-refractivity contribution in [1.29, 1.82) is 0 Å². The zero-order valence-corrected chi connectivity index (χ0v) is 26.9. The average molecular weight is 612 g/mol. The maximum absolute atomic E-state index is 13.7. The standard InChI is InChI=1S/C26H41N5O8SSi/c1-10-35-23(33)29-16(13(2)3)21(32)38-18-17-14(12-36-41(39-17,25(4,5)6)26(7,8)9)37-20(18)31-19-15(40-24(31)34)11-28-22(27)30-19/h11,13-14,16-18,20H,10,12H2,1-9H3,(H,29,33)(H2,27,28,30)/t14-,16+,17+,18-,20-/m1/s1. The maximum Gasteiger partial charge on any atom is 0.407 e. The lowest BCUT2D eigenvalue weighted by molar-refractivity contribution is -0.162. The van der Waals surface area contributed by atoms with Crippen molar-refractivity contribution in [1.82, 2.24) is 19.9 Å². The molecule has 0 unspecified atom stereocenters. The number of fused-ring (bicyclic) bond motifs is 2. The van der Waals surface area contributed by atoms with E-state index in [1.54, 1.807) is 20.8 Å². The van der Waals surface area contributed by atoms with Crippen LogP contribution in [0, 0.1) is 5.92 Å². The molecule has 13 nitrogen and oxygen atoms in total. The third-order valence-corrected chi connectivity index (χ3v) is 13.4. The van der Waals surface area contributed by atoms with Gasteiger partial charge >= 0.3 is 25.5 Å². The maximum atomic E-state index is 13.7. The molecule has 5 atom stereocenters. The van der Waals surface area contributed by atoms with E-state index < -0.39 is 51.2 Å². The number of nitrogen functional groups attached to an aromatic ring is 1. The Kier molecular flexibility index (Phi) is 8.60. The van der Waals surface area contributed by atoms with Crippen LogP contribution in [0.2, 0.25) is 10.1 Å². The quantitative estimate of drug-likeness (QED) is 0.363. The molecule has 4 heterocycles. The molecule has 1 amide bonds. The minimum Gasteiger partial charge on any atom is -0.453 e. The highest BCUT2D eigenvalue weighted by Crippen LogP contribution is 2.56. The van der Waals surface area contributed by atoms with Gasteiger partial charge in [-0.05, 0) is 12.8 Å². The Labute approximate surface area is 244 Å². The predicted molar refractivity (Wildman–Crippen MR) is 155 cm³/mol. The molecule has 2 fully saturated rings. The molecule has 2 saturated heterocycles. The molecule has 2 aliphatic heterocycles. The lowest BCUT2D eigenvalue weighted by atomic mass is 10.0. The van der Waals surface area contributed by atoms with Crippen molar-refractivity contribution in [2.75, 3.05) is 18.9 Å². The van der Waals surface area contributed by atoms with E-state index in [4.69, 9.17) is 28.8 Å². The third-order valence-electron chi connectivity index (χ3n) is 7.37. The Morgan fingerprint density at radius 3 is 2.49 bits per heavy atom. The van der Waals surface area contributed by atoms with E-state index in [1.165, 1.54) is 10.8 Å². The number of nitrogens with two attached hydrogens (primary N) is 1. The molecule has 228 valence electrons. The van der Waals surface area contributed by atoms with Crippen molar-refractivity contribution in [2.24, 2.45) is 5.92 Å². The summed E-state index contributed by atoms with van der Waals surface area (Å²) in [6, 6.07) is -1.02. The highest BCUT2D eigenvalue weighted by atomic mass is 32.1. The number of carbonyl (C=O) groups excluding carboxylic acids is 2. The van der Waals surface area contributed by atoms with E-state index >= 15 is 0 Å². The Bertz CT molecular complexity index is 1340. The molecule has 0 radical (unpaired) electrons. The molecular formula is C26H41N5O8SSi. The molecule has 4 rings (SSSR count). The van der Waals surface area contributed by atoms with E-state index in [2.05, 4.69) is 56.8 Å². The van der Waals surface area contributed by atoms with Crippen LogP contribution in [0.1, 0.15) is 68.5 Å². The number of hydrogen-bond acceptors (Lipinski definition) is 12. The predicted octanol–water partition coefficient (Wildman–Crippen LogP) is 3.47. The summed E-state index contributed by atoms with van der Waals surface area (Å²) in [5.41, 5.74) is 6.12. The molecule has 0 bridgehead atoms. The third kappa shape index (κ3) is 5.74. The monoisotopic (exact) mass is 611 g/mol. The summed E-state index contributed by atoms with van der Waals surface area (Å²) >= 11 is 0.931. The summed E-state index contributed by atoms with van der Waals surface area (Å²) in [5, 5.41) is 1.87. The van der Waals surface area contributed by atoms with Gasteiger partial charge < -0.3 is 34.1 Å². The van der Waals surface area contributed by atoms with Gasteiger partial charge in [0.2, 0.25) is 5.95 Å². The van der Waals surface area contributed by atoms with Crippen molar-refractivity contribution in [3.63, 3.8) is 0 Å². The van der Waals surface area contributed by atoms with Crippen LogP contribution < -0.4 is 15.9 Å². The van der Waals surface area contributed by atoms with Crippen LogP contribution in [0.4, 0.5) is 10.7 Å². The SMILES string of the molecule is CCOC(=O)N[C@H](C(=O)O[C@@H]1[C@H]2O[Si](C(C)(C)C)(C(C)(C)C)OC[C@H]2O[C@H]1n1c(=O)sc2cnc(N)nc21)C(C)C. The zero-order chi connectivity index (χ0) is 30.5. The first-order valence-corrected chi connectivity index (χ1v) is 16.4. The molecular weight excluding hydrogens is 570 g/mol. The first-order chi connectivity index (χ1) is 19.0. The first-order valence-electron chi connectivity index (χ1n) is 13.7. The number of thiazole rings is 1. The molecule has 2 aliphatic rings. The molecule has 0 spiro atoms. The second-order valence-electron chi connectivity index (χ2n) is 12.7. The van der Waals surface area contributed by atoms with Crippen molar-refractivity contribution in [3.8, 4) is 0 Å². The zero-order valence-electron chi connectivity index (χ0n) is 25.0. The lowest BCUT2D eigenvalue weighted by Gasteiger charge is -2.53. The summed E-state index contributed by atoms with van der Waals surface area (Å²) in [4.78, 5) is 47.1. The van der Waals surface area contributed by atoms with Gasteiger partial charge in [-0.2, -0.15) is 4.98 Å². The van der Waals surface area contributed by atoms with Crippen LogP contribution in [0.25, 0.3) is 10.3 Å². The van der Waals surface area contributed by atoms with Crippen molar-refractivity contribution in [3.05, 3.63) is 15.9 Å². The fraction of sp³-hybridized carbons (Fsp3) is 0.731. The average Bonchev–Trinajstić information content (AvgIpc) is 3.36. The largest absolute Gasteiger partial charge is 0.453 e. The van der Waals surface area contributed by atoms with E-state index in [1.807, 2.05) is 0 Å². The van der Waals surface area contributed by atoms with Gasteiger partial charge in [-0.15, -0.1) is 0 Å². The minimum absolute atomic E-state index is 0.0158. The smallest absolute Gasteiger partial charge is 0.407 e. The highest BCUT2D eigenvalue weighted by molar-refractivity contribution is 7.16. The number of esters is 1. The van der Waals surface area contributed by atoms with E-state index in [-0.39, 0.29) is 45.7 Å². The Balaban J connectivity index is 1.79. The lowest BCUT2D eigenvalue weighted by Crippen LogP contribution is -2.65. The van der Waals surface area contributed by atoms with Crippen LogP contribution in [0.3, 0.4) is 0 Å². The van der Waals surface area contributed by atoms with Crippen LogP contribution in [-0.4, -0.2) is 72.7 Å². The summed E-state index contributed by atoms with van der Waals surface area (Å²) in [5.74, 6) is -1.05. The molecule has 2 aromatic rings. The van der Waals surface area contributed by atoms with Crippen LogP contribution in [0.5, 0.6) is 0 Å². The summed E-state index contributed by atoms with van der Waals surface area (Å²) in [7, 11) is -3.03. The topological polar surface area (TPSA) is 166 Å². The van der Waals surface area contributed by atoms with Gasteiger partial charge in [0.1, 0.15) is 18.2 Å². The minimum atomic E-state index is -3.03. The van der Waals surface area contributed by atoms with Gasteiger partial charge in [0.15, 0.2) is 18.0 Å². The molecule has 15 heteroatoms. The molecule has 0 aromatic carbocycles. The fourth-order valence-corrected chi connectivity index (χ4v) is 11.5. The number of carbonyl (C=O) groups is 2. The second kappa shape index (κ2) is 11.2. The molecule has 3 N–H and O–H groups in total. The number of alkyl carbamates (subject to hydrolysis) is 1. The molecule has 0 aliphatic carbocycles. The summed E-state index contributed by atoms with van der Waals surface area (Å²) in [6.07, 6.45) is -2.81. The number of anilines is 1. The Morgan fingerprint density at radius 2 is 1.90 bits per heavy atom. The summed E-state index contributed by atoms with van der Waals surface area (Å²) < 4.78 is 32.9. The van der Waals surface area contributed by atoms with Gasteiger partial charge in [-0.3, -0.25) is 9.36 Å².